The third kappa shape index (κ3) is 2.18. The summed E-state index contributed by atoms with van der Waals surface area (Å²) in [4.78, 5) is 4.54. The number of oxazole rings is 1. The van der Waals surface area contributed by atoms with Crippen molar-refractivity contribution >= 4 is 11.1 Å². The van der Waals surface area contributed by atoms with Gasteiger partial charge in [0.1, 0.15) is 5.52 Å². The predicted octanol–water partition coefficient (Wildman–Crippen LogP) is 1.67. The number of aryl methyl sites for hydroxylation is 1. The van der Waals surface area contributed by atoms with Crippen molar-refractivity contribution in [2.45, 2.75) is 19.4 Å². The molecular formula is C13H16N2O2. The molecule has 0 aliphatic carbocycles. The van der Waals surface area contributed by atoms with Crippen LogP contribution in [0.2, 0.25) is 0 Å². The molecular weight excluding hydrogens is 216 g/mol. The number of nitrogens with one attached hydrogen (secondary N) is 1. The van der Waals surface area contributed by atoms with Crippen LogP contribution in [0.1, 0.15) is 11.5 Å². The van der Waals surface area contributed by atoms with Crippen LogP contribution in [0.4, 0.5) is 0 Å². The number of fused-ring (bicyclic) bond motifs is 1. The van der Waals surface area contributed by atoms with Crippen molar-refractivity contribution in [3.8, 4) is 0 Å². The average molecular weight is 232 g/mol. The van der Waals surface area contributed by atoms with E-state index in [2.05, 4.69) is 23.3 Å². The number of hydrogen-bond donors (Lipinski definition) is 1. The van der Waals surface area contributed by atoms with E-state index in [4.69, 9.17) is 9.15 Å². The Kier molecular flexibility index (Phi) is 2.82. The van der Waals surface area contributed by atoms with Gasteiger partial charge in [0, 0.05) is 19.0 Å². The minimum absolute atomic E-state index is 0.317. The third-order valence-corrected chi connectivity index (χ3v) is 3.08. The van der Waals surface area contributed by atoms with Gasteiger partial charge in [-0.2, -0.15) is 0 Å². The Morgan fingerprint density at radius 1 is 1.47 bits per heavy atom. The molecule has 1 aliphatic rings. The lowest BCUT2D eigenvalue weighted by molar-refractivity contribution is 0.0751. The Balaban J connectivity index is 1.83. The summed E-state index contributed by atoms with van der Waals surface area (Å²) in [7, 11) is 0. The number of rotatable bonds is 2. The van der Waals surface area contributed by atoms with E-state index in [1.165, 1.54) is 0 Å². The SMILES string of the molecule is Cc1cccc2oc(CC3COCCN3)nc12. The highest BCUT2D eigenvalue weighted by Gasteiger charge is 2.17. The van der Waals surface area contributed by atoms with Crippen molar-refractivity contribution in [3.05, 3.63) is 29.7 Å². The van der Waals surface area contributed by atoms with Gasteiger partial charge in [0.15, 0.2) is 11.5 Å². The topological polar surface area (TPSA) is 47.3 Å². The van der Waals surface area contributed by atoms with Gasteiger partial charge in [-0.3, -0.25) is 0 Å². The normalized spacial score (nSPS) is 20.9. The average Bonchev–Trinajstić information content (AvgIpc) is 2.74. The minimum atomic E-state index is 0.317. The lowest BCUT2D eigenvalue weighted by Gasteiger charge is -2.22. The molecule has 1 aromatic carbocycles. The molecule has 0 saturated carbocycles. The van der Waals surface area contributed by atoms with Gasteiger partial charge in [-0.1, -0.05) is 12.1 Å². The Bertz CT molecular complexity index is 515. The lowest BCUT2D eigenvalue weighted by Crippen LogP contribution is -2.42. The zero-order valence-corrected chi connectivity index (χ0v) is 9.90. The highest BCUT2D eigenvalue weighted by atomic mass is 16.5. The molecule has 0 radical (unpaired) electrons. The van der Waals surface area contributed by atoms with Crippen LogP contribution >= 0.6 is 0 Å². The van der Waals surface area contributed by atoms with Crippen molar-refractivity contribution in [1.82, 2.24) is 10.3 Å². The zero-order chi connectivity index (χ0) is 11.7. The fourth-order valence-electron chi connectivity index (χ4n) is 2.18. The van der Waals surface area contributed by atoms with Crippen molar-refractivity contribution in [1.29, 1.82) is 0 Å². The maximum Gasteiger partial charge on any atom is 0.197 e. The van der Waals surface area contributed by atoms with E-state index in [1.807, 2.05) is 12.1 Å². The molecule has 1 aliphatic heterocycles. The molecule has 4 nitrogen and oxygen atoms in total. The molecule has 1 fully saturated rings. The van der Waals surface area contributed by atoms with E-state index in [0.29, 0.717) is 6.04 Å². The molecule has 17 heavy (non-hydrogen) atoms. The maximum atomic E-state index is 5.74. The smallest absolute Gasteiger partial charge is 0.197 e. The van der Waals surface area contributed by atoms with Crippen LogP contribution in [0.25, 0.3) is 11.1 Å². The summed E-state index contributed by atoms with van der Waals surface area (Å²) >= 11 is 0. The second-order valence-electron chi connectivity index (χ2n) is 4.46. The van der Waals surface area contributed by atoms with Gasteiger partial charge in [-0.15, -0.1) is 0 Å². The van der Waals surface area contributed by atoms with Gasteiger partial charge in [0.05, 0.1) is 13.2 Å². The van der Waals surface area contributed by atoms with E-state index >= 15 is 0 Å². The van der Waals surface area contributed by atoms with Crippen LogP contribution in [0, 0.1) is 6.92 Å². The third-order valence-electron chi connectivity index (χ3n) is 3.08. The van der Waals surface area contributed by atoms with Gasteiger partial charge in [-0.05, 0) is 18.6 Å². The number of benzene rings is 1. The second-order valence-corrected chi connectivity index (χ2v) is 4.46. The first kappa shape index (κ1) is 10.7. The molecule has 90 valence electrons. The standard InChI is InChI=1S/C13H16N2O2/c1-9-3-2-4-11-13(9)15-12(17-11)7-10-8-16-6-5-14-10/h2-4,10,14H,5-8H2,1H3. The molecule has 0 spiro atoms. The minimum Gasteiger partial charge on any atom is -0.441 e. The lowest BCUT2D eigenvalue weighted by atomic mass is 10.2. The Morgan fingerprint density at radius 2 is 2.41 bits per heavy atom. The largest absolute Gasteiger partial charge is 0.441 e. The Labute approximate surface area is 100.0 Å². The van der Waals surface area contributed by atoms with Gasteiger partial charge >= 0.3 is 0 Å². The number of nitrogens with zero attached hydrogens (tertiary/aromatic N) is 1. The highest BCUT2D eigenvalue weighted by Crippen LogP contribution is 2.19. The summed E-state index contributed by atoms with van der Waals surface area (Å²) in [5, 5.41) is 3.40. The number of hydrogen-bond acceptors (Lipinski definition) is 4. The van der Waals surface area contributed by atoms with Crippen LogP contribution < -0.4 is 5.32 Å². The molecule has 1 N–H and O–H groups in total. The molecule has 1 aromatic heterocycles. The van der Waals surface area contributed by atoms with E-state index < -0.39 is 0 Å². The number of aromatic nitrogens is 1. The monoisotopic (exact) mass is 232 g/mol. The van der Waals surface area contributed by atoms with Crippen LogP contribution in [0.3, 0.4) is 0 Å². The molecule has 0 amide bonds. The van der Waals surface area contributed by atoms with E-state index in [9.17, 15) is 0 Å². The Hall–Kier alpha value is -1.39. The summed E-state index contributed by atoms with van der Waals surface area (Å²) in [5.74, 6) is 0.789. The van der Waals surface area contributed by atoms with Crippen LogP contribution in [0.15, 0.2) is 22.6 Å². The summed E-state index contributed by atoms with van der Waals surface area (Å²) < 4.78 is 11.2. The zero-order valence-electron chi connectivity index (χ0n) is 9.90. The first-order chi connectivity index (χ1) is 8.33. The molecule has 1 saturated heterocycles. The molecule has 3 rings (SSSR count). The summed E-state index contributed by atoms with van der Waals surface area (Å²) in [6.07, 6.45) is 0.786. The molecule has 2 aromatic rings. The van der Waals surface area contributed by atoms with Crippen molar-refractivity contribution in [2.24, 2.45) is 0 Å². The number of para-hydroxylation sites is 1. The molecule has 0 bridgehead atoms. The van der Waals surface area contributed by atoms with Crippen molar-refractivity contribution in [2.75, 3.05) is 19.8 Å². The summed E-state index contributed by atoms with van der Waals surface area (Å²) in [6.45, 7) is 4.49. The molecule has 1 atom stereocenters. The molecule has 4 heteroatoms. The van der Waals surface area contributed by atoms with Gasteiger partial charge in [0.2, 0.25) is 0 Å². The molecule has 1 unspecified atom stereocenters. The second kappa shape index (κ2) is 4.47. The Morgan fingerprint density at radius 3 is 3.18 bits per heavy atom. The van der Waals surface area contributed by atoms with Gasteiger partial charge in [-0.25, -0.2) is 4.98 Å². The van der Waals surface area contributed by atoms with E-state index in [1.54, 1.807) is 0 Å². The summed E-state index contributed by atoms with van der Waals surface area (Å²) in [5.41, 5.74) is 3.00. The highest BCUT2D eigenvalue weighted by molar-refractivity contribution is 5.76. The summed E-state index contributed by atoms with van der Waals surface area (Å²) in [6, 6.07) is 6.33. The van der Waals surface area contributed by atoms with Gasteiger partial charge < -0.3 is 14.5 Å². The van der Waals surface area contributed by atoms with Crippen molar-refractivity contribution in [3.63, 3.8) is 0 Å². The predicted molar refractivity (Wildman–Crippen MR) is 65.1 cm³/mol. The van der Waals surface area contributed by atoms with E-state index in [-0.39, 0.29) is 0 Å². The van der Waals surface area contributed by atoms with Gasteiger partial charge in [0.25, 0.3) is 0 Å². The molecule has 2 heterocycles. The first-order valence-corrected chi connectivity index (χ1v) is 5.99. The number of ether oxygens (including phenoxy) is 1. The number of morpholine rings is 1. The van der Waals surface area contributed by atoms with Crippen molar-refractivity contribution < 1.29 is 9.15 Å². The van der Waals surface area contributed by atoms with Crippen LogP contribution in [0.5, 0.6) is 0 Å². The fraction of sp³-hybridized carbons (Fsp3) is 0.462. The van der Waals surface area contributed by atoms with Crippen LogP contribution in [-0.2, 0) is 11.2 Å². The maximum absolute atomic E-state index is 5.74. The first-order valence-electron chi connectivity index (χ1n) is 5.99. The van der Waals surface area contributed by atoms with Crippen LogP contribution in [-0.4, -0.2) is 30.8 Å². The fourth-order valence-corrected chi connectivity index (χ4v) is 2.18. The quantitative estimate of drug-likeness (QED) is 0.855. The van der Waals surface area contributed by atoms with E-state index in [0.717, 1.165) is 48.7 Å².